The molecule has 0 aliphatic heterocycles. The molecule has 14 nitrogen and oxygen atoms in total. The molecule has 5 amide bonds. The van der Waals surface area contributed by atoms with Crippen LogP contribution in [-0.2, 0) is 9.53 Å². The number of carbonyl (C=O) groups excluding carboxylic acids is 4. The molecule has 14 heteroatoms. The standard InChI is InChI=1S/C21H29N9O5/c1-3-7-24-17-15(18(32)25-9-4-8-23-16(31)13-27-21(34)35-2)12-26-19(29-17)30-20(33)28-14-5-10-22-11-6-14/h5-6,10-12H,3-4,7-9,13H2,1-2H3,(H,23,31)(H,25,32)(H,27,34)(H3,22,24,26,28,29,30,33). The highest BCUT2D eigenvalue weighted by atomic mass is 16.5. The number of hydrogen-bond acceptors (Lipinski definition) is 9. The molecule has 0 aliphatic rings. The average molecular weight is 488 g/mol. The van der Waals surface area contributed by atoms with Crippen LogP contribution in [0.3, 0.4) is 0 Å². The minimum absolute atomic E-state index is 0.0231. The van der Waals surface area contributed by atoms with Crippen molar-refractivity contribution < 1.29 is 23.9 Å². The Morgan fingerprint density at radius 3 is 2.43 bits per heavy atom. The van der Waals surface area contributed by atoms with Gasteiger partial charge in [-0.3, -0.25) is 19.9 Å². The average Bonchev–Trinajstić information content (AvgIpc) is 2.86. The summed E-state index contributed by atoms with van der Waals surface area (Å²) < 4.78 is 4.38. The normalized spacial score (nSPS) is 10.0. The van der Waals surface area contributed by atoms with Crippen LogP contribution < -0.4 is 31.9 Å². The highest BCUT2D eigenvalue weighted by Gasteiger charge is 2.15. The Labute approximate surface area is 202 Å². The third-order valence-corrected chi connectivity index (χ3v) is 4.28. The lowest BCUT2D eigenvalue weighted by atomic mass is 10.2. The molecule has 0 aliphatic carbocycles. The van der Waals surface area contributed by atoms with E-state index < -0.39 is 18.0 Å². The number of alkyl carbamates (subject to hydrolysis) is 1. The van der Waals surface area contributed by atoms with Crippen molar-refractivity contribution in [2.75, 3.05) is 49.2 Å². The molecule has 0 unspecified atom stereocenters. The van der Waals surface area contributed by atoms with Crippen molar-refractivity contribution >= 4 is 41.4 Å². The van der Waals surface area contributed by atoms with E-state index in [2.05, 4.69) is 51.6 Å². The molecule has 0 radical (unpaired) electrons. The molecule has 0 fully saturated rings. The Balaban J connectivity index is 1.86. The van der Waals surface area contributed by atoms with Crippen LogP contribution in [0, 0.1) is 0 Å². The number of hydrogen-bond donors (Lipinski definition) is 6. The van der Waals surface area contributed by atoms with Gasteiger partial charge >= 0.3 is 12.1 Å². The molecule has 2 aromatic rings. The number of pyridine rings is 1. The highest BCUT2D eigenvalue weighted by Crippen LogP contribution is 2.15. The summed E-state index contributed by atoms with van der Waals surface area (Å²) >= 11 is 0. The maximum Gasteiger partial charge on any atom is 0.407 e. The molecule has 0 saturated carbocycles. The summed E-state index contributed by atoms with van der Waals surface area (Å²) in [6.07, 6.45) is 4.97. The molecular weight excluding hydrogens is 458 g/mol. The van der Waals surface area contributed by atoms with E-state index in [9.17, 15) is 19.2 Å². The molecule has 35 heavy (non-hydrogen) atoms. The monoisotopic (exact) mass is 487 g/mol. The smallest absolute Gasteiger partial charge is 0.407 e. The highest BCUT2D eigenvalue weighted by molar-refractivity contribution is 6.00. The number of anilines is 3. The number of rotatable bonds is 12. The third kappa shape index (κ3) is 9.89. The van der Waals surface area contributed by atoms with Gasteiger partial charge in [0.05, 0.1) is 13.7 Å². The first-order valence-electron chi connectivity index (χ1n) is 10.9. The minimum Gasteiger partial charge on any atom is -0.453 e. The van der Waals surface area contributed by atoms with Gasteiger partial charge in [-0.25, -0.2) is 14.6 Å². The number of nitrogens with one attached hydrogen (secondary N) is 6. The summed E-state index contributed by atoms with van der Waals surface area (Å²) in [5.41, 5.74) is 0.763. The SMILES string of the molecule is CCCNc1nc(NC(=O)Nc2ccncc2)ncc1C(=O)NCCCNC(=O)CNC(=O)OC. The number of nitrogens with zero attached hydrogens (tertiary/aromatic N) is 3. The van der Waals surface area contributed by atoms with E-state index in [1.165, 1.54) is 13.3 Å². The fourth-order valence-electron chi connectivity index (χ4n) is 2.59. The van der Waals surface area contributed by atoms with Crippen LogP contribution in [0.4, 0.5) is 27.0 Å². The van der Waals surface area contributed by atoms with Crippen molar-refractivity contribution in [2.24, 2.45) is 0 Å². The summed E-state index contributed by atoms with van der Waals surface area (Å²) in [7, 11) is 1.20. The first-order valence-corrected chi connectivity index (χ1v) is 10.9. The van der Waals surface area contributed by atoms with Crippen molar-refractivity contribution in [1.82, 2.24) is 30.9 Å². The predicted octanol–water partition coefficient (Wildman–Crippen LogP) is 0.930. The first kappa shape index (κ1) is 26.8. The van der Waals surface area contributed by atoms with Crippen molar-refractivity contribution in [2.45, 2.75) is 19.8 Å². The lowest BCUT2D eigenvalue weighted by Crippen LogP contribution is -2.38. The number of carbonyl (C=O) groups is 4. The molecule has 0 aromatic carbocycles. The van der Waals surface area contributed by atoms with E-state index in [1.54, 1.807) is 24.5 Å². The Bertz CT molecular complexity index is 1000. The Kier molecular flexibility index (Phi) is 11.2. The van der Waals surface area contributed by atoms with Crippen LogP contribution in [0.1, 0.15) is 30.1 Å². The van der Waals surface area contributed by atoms with Crippen LogP contribution in [0.25, 0.3) is 0 Å². The van der Waals surface area contributed by atoms with Gasteiger partial charge in [0.2, 0.25) is 11.9 Å². The molecule has 2 heterocycles. The number of methoxy groups -OCH3 is 1. The van der Waals surface area contributed by atoms with Crippen molar-refractivity contribution in [3.05, 3.63) is 36.3 Å². The molecule has 0 spiro atoms. The Morgan fingerprint density at radius 2 is 1.71 bits per heavy atom. The van der Waals surface area contributed by atoms with E-state index in [0.717, 1.165) is 6.42 Å². The van der Waals surface area contributed by atoms with Crippen LogP contribution in [0.5, 0.6) is 0 Å². The van der Waals surface area contributed by atoms with Gasteiger partial charge in [0.25, 0.3) is 5.91 Å². The zero-order valence-corrected chi connectivity index (χ0v) is 19.5. The van der Waals surface area contributed by atoms with Gasteiger partial charge in [0, 0.05) is 43.9 Å². The first-order chi connectivity index (χ1) is 16.9. The van der Waals surface area contributed by atoms with Gasteiger partial charge in [-0.2, -0.15) is 4.98 Å². The number of aromatic nitrogens is 3. The lowest BCUT2D eigenvalue weighted by Gasteiger charge is -2.13. The molecule has 6 N–H and O–H groups in total. The third-order valence-electron chi connectivity index (χ3n) is 4.28. The Morgan fingerprint density at radius 1 is 0.971 bits per heavy atom. The van der Waals surface area contributed by atoms with Gasteiger partial charge in [0.15, 0.2) is 0 Å². The van der Waals surface area contributed by atoms with Gasteiger partial charge in [0.1, 0.15) is 11.4 Å². The molecule has 2 rings (SSSR count). The largest absolute Gasteiger partial charge is 0.453 e. The molecule has 0 atom stereocenters. The van der Waals surface area contributed by atoms with Gasteiger partial charge < -0.3 is 31.3 Å². The van der Waals surface area contributed by atoms with E-state index in [1.807, 2.05) is 6.92 Å². The number of amides is 5. The molecule has 2 aromatic heterocycles. The maximum atomic E-state index is 12.6. The van der Waals surface area contributed by atoms with Gasteiger partial charge in [-0.1, -0.05) is 6.92 Å². The molecule has 0 bridgehead atoms. The second-order valence-electron chi connectivity index (χ2n) is 7.00. The van der Waals surface area contributed by atoms with E-state index in [-0.39, 0.29) is 36.3 Å². The summed E-state index contributed by atoms with van der Waals surface area (Å²) in [5, 5.41) is 15.8. The van der Waals surface area contributed by atoms with Crippen molar-refractivity contribution in [3.63, 3.8) is 0 Å². The molecular formula is C21H29N9O5. The van der Waals surface area contributed by atoms with Crippen molar-refractivity contribution in [1.29, 1.82) is 0 Å². The fourth-order valence-corrected chi connectivity index (χ4v) is 2.59. The summed E-state index contributed by atoms with van der Waals surface area (Å²) in [6.45, 7) is 2.90. The van der Waals surface area contributed by atoms with Gasteiger partial charge in [-0.15, -0.1) is 0 Å². The van der Waals surface area contributed by atoms with E-state index >= 15 is 0 Å². The van der Waals surface area contributed by atoms with Crippen LogP contribution in [0.2, 0.25) is 0 Å². The zero-order chi connectivity index (χ0) is 25.5. The Hall–Kier alpha value is -4.49. The second kappa shape index (κ2) is 14.6. The minimum atomic E-state index is -0.697. The summed E-state index contributed by atoms with van der Waals surface area (Å²) in [5.74, 6) is -0.483. The lowest BCUT2D eigenvalue weighted by molar-refractivity contribution is -0.120. The zero-order valence-electron chi connectivity index (χ0n) is 19.5. The van der Waals surface area contributed by atoms with Crippen molar-refractivity contribution in [3.8, 4) is 0 Å². The summed E-state index contributed by atoms with van der Waals surface area (Å²) in [6, 6.07) is 2.72. The molecule has 0 saturated heterocycles. The van der Waals surface area contributed by atoms with Crippen LogP contribution in [0.15, 0.2) is 30.7 Å². The number of ether oxygens (including phenoxy) is 1. The second-order valence-corrected chi connectivity index (χ2v) is 7.00. The quantitative estimate of drug-likeness (QED) is 0.237. The van der Waals surface area contributed by atoms with Crippen LogP contribution in [-0.4, -0.2) is 72.2 Å². The van der Waals surface area contributed by atoms with Gasteiger partial charge in [-0.05, 0) is 25.0 Å². The van der Waals surface area contributed by atoms with Crippen LogP contribution >= 0.6 is 0 Å². The molecule has 188 valence electrons. The summed E-state index contributed by atoms with van der Waals surface area (Å²) in [4.78, 5) is 59.6. The topological polar surface area (TPSA) is 188 Å². The fraction of sp³-hybridized carbons (Fsp3) is 0.381. The number of urea groups is 1. The predicted molar refractivity (Wildman–Crippen MR) is 128 cm³/mol. The maximum absolute atomic E-state index is 12.6. The van der Waals surface area contributed by atoms with E-state index in [4.69, 9.17) is 0 Å². The van der Waals surface area contributed by atoms with E-state index in [0.29, 0.717) is 25.2 Å².